The second-order valence-electron chi connectivity index (χ2n) is 4.99. The number of aliphatic hydroxyl groups is 1. The molecule has 0 aromatic carbocycles. The van der Waals surface area contributed by atoms with Crippen LogP contribution in [0, 0.1) is 0 Å². The monoisotopic (exact) mass is 273 g/mol. The van der Waals surface area contributed by atoms with Gasteiger partial charge in [0.25, 0.3) is 0 Å². The number of hydrogen-bond donors (Lipinski definition) is 2. The average Bonchev–Trinajstić information content (AvgIpc) is 2.64. The minimum atomic E-state index is -0.417. The van der Waals surface area contributed by atoms with E-state index in [2.05, 4.69) is 4.90 Å². The molecule has 1 aliphatic rings. The van der Waals surface area contributed by atoms with Crippen LogP contribution in [0.2, 0.25) is 0 Å². The van der Waals surface area contributed by atoms with Crippen LogP contribution < -0.4 is 5.73 Å². The highest BCUT2D eigenvalue weighted by molar-refractivity contribution is 5.81. The molecule has 1 rings (SSSR count). The largest absolute Gasteiger partial charge is 0.395 e. The molecule has 0 spiro atoms. The molecule has 1 heterocycles. The Balaban J connectivity index is 2.35. The molecule has 3 N–H and O–H groups in total. The third-order valence-corrected chi connectivity index (χ3v) is 3.50. The lowest BCUT2D eigenvalue weighted by atomic mass is 10.1. The van der Waals surface area contributed by atoms with E-state index in [0.717, 1.165) is 32.5 Å². The first-order valence-corrected chi connectivity index (χ1v) is 7.05. The van der Waals surface area contributed by atoms with Crippen molar-refractivity contribution < 1.29 is 14.6 Å². The first-order valence-electron chi connectivity index (χ1n) is 7.05. The van der Waals surface area contributed by atoms with Crippen LogP contribution in [0.3, 0.4) is 0 Å². The summed E-state index contributed by atoms with van der Waals surface area (Å²) in [6, 6.07) is -0.417. The Kier molecular flexibility index (Phi) is 7.97. The Morgan fingerprint density at radius 3 is 2.84 bits per heavy atom. The summed E-state index contributed by atoms with van der Waals surface area (Å²) < 4.78 is 4.97. The first kappa shape index (κ1) is 16.4. The van der Waals surface area contributed by atoms with Crippen molar-refractivity contribution in [1.82, 2.24) is 9.80 Å². The molecule has 19 heavy (non-hydrogen) atoms. The van der Waals surface area contributed by atoms with E-state index < -0.39 is 6.04 Å². The molecular weight excluding hydrogens is 246 g/mol. The second-order valence-corrected chi connectivity index (χ2v) is 4.99. The van der Waals surface area contributed by atoms with Crippen LogP contribution in [-0.4, -0.2) is 79.9 Å². The number of aliphatic hydroxyl groups excluding tert-OH is 1. The van der Waals surface area contributed by atoms with E-state index in [1.165, 1.54) is 0 Å². The molecule has 1 amide bonds. The number of amides is 1. The van der Waals surface area contributed by atoms with Crippen molar-refractivity contribution >= 4 is 5.91 Å². The molecule has 1 saturated heterocycles. The van der Waals surface area contributed by atoms with Crippen molar-refractivity contribution in [1.29, 1.82) is 0 Å². The number of nitrogens with two attached hydrogens (primary N) is 1. The smallest absolute Gasteiger partial charge is 0.239 e. The minimum Gasteiger partial charge on any atom is -0.395 e. The summed E-state index contributed by atoms with van der Waals surface area (Å²) in [6.07, 6.45) is 2.42. The lowest BCUT2D eigenvalue weighted by molar-refractivity contribution is -0.132. The maximum Gasteiger partial charge on any atom is 0.239 e. The van der Waals surface area contributed by atoms with E-state index >= 15 is 0 Å². The summed E-state index contributed by atoms with van der Waals surface area (Å²) in [5.41, 5.74) is 5.93. The minimum absolute atomic E-state index is 0.0435. The maximum absolute atomic E-state index is 12.2. The number of hydrogen-bond acceptors (Lipinski definition) is 5. The molecule has 6 heteroatoms. The molecule has 112 valence electrons. The van der Waals surface area contributed by atoms with Gasteiger partial charge in [0.05, 0.1) is 12.6 Å². The highest BCUT2D eigenvalue weighted by Gasteiger charge is 2.23. The summed E-state index contributed by atoms with van der Waals surface area (Å²) in [6.45, 7) is 4.72. The van der Waals surface area contributed by atoms with Crippen molar-refractivity contribution in [3.63, 3.8) is 0 Å². The van der Waals surface area contributed by atoms with Gasteiger partial charge < -0.3 is 20.5 Å². The number of carbonyl (C=O) groups excluding carboxylic acids is 1. The zero-order chi connectivity index (χ0) is 14.1. The Hall–Kier alpha value is -0.690. The molecular formula is C13H27N3O3. The van der Waals surface area contributed by atoms with E-state index in [-0.39, 0.29) is 12.5 Å². The number of ether oxygens (including phenoxy) is 1. The number of rotatable bonds is 7. The van der Waals surface area contributed by atoms with Crippen molar-refractivity contribution in [3.05, 3.63) is 0 Å². The van der Waals surface area contributed by atoms with Crippen LogP contribution in [0.4, 0.5) is 0 Å². The lowest BCUT2D eigenvalue weighted by Crippen LogP contribution is -2.45. The van der Waals surface area contributed by atoms with E-state index in [1.807, 2.05) is 4.90 Å². The Morgan fingerprint density at radius 2 is 2.16 bits per heavy atom. The Labute approximate surface area is 115 Å². The molecule has 1 atom stereocenters. The number of nitrogens with zero attached hydrogens (tertiary/aromatic N) is 2. The first-order chi connectivity index (χ1) is 9.19. The third kappa shape index (κ3) is 5.86. The molecule has 6 nitrogen and oxygen atoms in total. The normalized spacial score (nSPS) is 19.2. The van der Waals surface area contributed by atoms with Crippen LogP contribution >= 0.6 is 0 Å². The van der Waals surface area contributed by atoms with Crippen LogP contribution in [0.25, 0.3) is 0 Å². The maximum atomic E-state index is 12.2. The van der Waals surface area contributed by atoms with Gasteiger partial charge in [-0.25, -0.2) is 0 Å². The molecule has 0 saturated carbocycles. The standard InChI is InChI=1S/C13H27N3O3/c1-19-11-2-4-12(14)13(18)16-6-3-5-15(7-8-16)9-10-17/h12,17H,2-11,14H2,1H3. The average molecular weight is 273 g/mol. The molecule has 1 fully saturated rings. The predicted octanol–water partition coefficient (Wildman–Crippen LogP) is -0.733. The number of β-amino-alcohol motifs (C(OH)–C–C–N with tert-alkyl or cyclic N) is 1. The summed E-state index contributed by atoms with van der Waals surface area (Å²) in [4.78, 5) is 16.2. The fraction of sp³-hybridized carbons (Fsp3) is 0.923. The summed E-state index contributed by atoms with van der Waals surface area (Å²) in [5.74, 6) is 0.0435. The van der Waals surface area contributed by atoms with E-state index in [1.54, 1.807) is 7.11 Å². The van der Waals surface area contributed by atoms with Crippen molar-refractivity contribution in [2.45, 2.75) is 25.3 Å². The SMILES string of the molecule is COCCCC(N)C(=O)N1CCCN(CCO)CC1. The van der Waals surface area contributed by atoms with Crippen LogP contribution in [0.15, 0.2) is 0 Å². The highest BCUT2D eigenvalue weighted by Crippen LogP contribution is 2.06. The van der Waals surface area contributed by atoms with Gasteiger partial charge in [-0.2, -0.15) is 0 Å². The molecule has 1 aliphatic heterocycles. The quantitative estimate of drug-likeness (QED) is 0.598. The van der Waals surface area contributed by atoms with Gasteiger partial charge >= 0.3 is 0 Å². The van der Waals surface area contributed by atoms with Gasteiger partial charge in [0, 0.05) is 39.9 Å². The van der Waals surface area contributed by atoms with E-state index in [0.29, 0.717) is 26.1 Å². The molecule has 0 aliphatic carbocycles. The highest BCUT2D eigenvalue weighted by atomic mass is 16.5. The Morgan fingerprint density at radius 1 is 1.37 bits per heavy atom. The van der Waals surface area contributed by atoms with E-state index in [4.69, 9.17) is 15.6 Å². The lowest BCUT2D eigenvalue weighted by Gasteiger charge is -2.24. The van der Waals surface area contributed by atoms with Gasteiger partial charge in [0.15, 0.2) is 0 Å². The summed E-state index contributed by atoms with van der Waals surface area (Å²) >= 11 is 0. The number of methoxy groups -OCH3 is 1. The topological polar surface area (TPSA) is 79.0 Å². The van der Waals surface area contributed by atoms with Gasteiger partial charge in [-0.3, -0.25) is 9.69 Å². The third-order valence-electron chi connectivity index (χ3n) is 3.50. The van der Waals surface area contributed by atoms with Gasteiger partial charge in [0.1, 0.15) is 0 Å². The summed E-state index contributed by atoms with van der Waals surface area (Å²) in [5, 5.41) is 8.94. The van der Waals surface area contributed by atoms with Crippen LogP contribution in [-0.2, 0) is 9.53 Å². The van der Waals surface area contributed by atoms with Gasteiger partial charge in [-0.05, 0) is 25.8 Å². The van der Waals surface area contributed by atoms with Gasteiger partial charge in [0.2, 0.25) is 5.91 Å². The van der Waals surface area contributed by atoms with Gasteiger partial charge in [-0.1, -0.05) is 0 Å². The van der Waals surface area contributed by atoms with Crippen LogP contribution in [0.5, 0.6) is 0 Å². The fourth-order valence-corrected chi connectivity index (χ4v) is 2.36. The summed E-state index contributed by atoms with van der Waals surface area (Å²) in [7, 11) is 1.65. The second kappa shape index (κ2) is 9.25. The Bertz CT molecular complexity index is 264. The zero-order valence-corrected chi connectivity index (χ0v) is 11.9. The van der Waals surface area contributed by atoms with E-state index in [9.17, 15) is 4.79 Å². The van der Waals surface area contributed by atoms with Crippen molar-refractivity contribution in [2.24, 2.45) is 5.73 Å². The fourth-order valence-electron chi connectivity index (χ4n) is 2.36. The van der Waals surface area contributed by atoms with Crippen molar-refractivity contribution in [3.8, 4) is 0 Å². The predicted molar refractivity (Wildman–Crippen MR) is 73.8 cm³/mol. The molecule has 0 bridgehead atoms. The molecule has 0 aromatic heterocycles. The van der Waals surface area contributed by atoms with Crippen LogP contribution in [0.1, 0.15) is 19.3 Å². The molecule has 0 aromatic rings. The zero-order valence-electron chi connectivity index (χ0n) is 11.9. The number of carbonyl (C=O) groups is 1. The molecule has 1 unspecified atom stereocenters. The van der Waals surface area contributed by atoms with Gasteiger partial charge in [-0.15, -0.1) is 0 Å². The van der Waals surface area contributed by atoms with Crippen molar-refractivity contribution in [2.75, 3.05) is 53.0 Å². The molecule has 0 radical (unpaired) electrons.